The Morgan fingerprint density at radius 1 is 1.11 bits per heavy atom. The van der Waals surface area contributed by atoms with Crippen LogP contribution in [0.3, 0.4) is 0 Å². The highest BCUT2D eigenvalue weighted by atomic mass is 127. The van der Waals surface area contributed by atoms with Gasteiger partial charge in [0.25, 0.3) is 0 Å². The average Bonchev–Trinajstić information content (AvgIpc) is 2.88. The van der Waals surface area contributed by atoms with Gasteiger partial charge in [-0.05, 0) is 111 Å². The van der Waals surface area contributed by atoms with E-state index in [0.29, 0.717) is 20.9 Å². The summed E-state index contributed by atoms with van der Waals surface area (Å²) in [5, 5.41) is 9.52. The maximum absolute atomic E-state index is 13.2. The van der Waals surface area contributed by atoms with E-state index in [2.05, 4.69) is 38.9 Å². The second-order valence-electron chi connectivity index (χ2n) is 9.34. The summed E-state index contributed by atoms with van der Waals surface area (Å²) in [6.07, 6.45) is 3.63. The molecule has 0 unspecified atom stereocenters. The Hall–Kier alpha value is -2.58. The van der Waals surface area contributed by atoms with Gasteiger partial charge in [-0.15, -0.1) is 0 Å². The number of aryl methyl sites for hydroxylation is 1. The number of hydrogen-bond acceptors (Lipinski definition) is 8. The minimum atomic E-state index is -4.81. The molecule has 4 rings (SSSR count). The number of rotatable bonds is 9. The zero-order chi connectivity index (χ0) is 27.4. The van der Waals surface area contributed by atoms with Crippen molar-refractivity contribution in [1.29, 1.82) is 0 Å². The second kappa shape index (κ2) is 12.1. The van der Waals surface area contributed by atoms with Gasteiger partial charge in [-0.3, -0.25) is 0 Å². The van der Waals surface area contributed by atoms with Gasteiger partial charge in [-0.2, -0.15) is 13.8 Å². The average molecular weight is 658 g/mol. The summed E-state index contributed by atoms with van der Waals surface area (Å²) in [6, 6.07) is 9.61. The fourth-order valence-electron chi connectivity index (χ4n) is 4.40. The number of nitrogens with zero attached hydrogens (tertiary/aromatic N) is 2. The number of aromatic nitrogens is 2. The Labute approximate surface area is 235 Å². The monoisotopic (exact) mass is 657 g/mol. The summed E-state index contributed by atoms with van der Waals surface area (Å²) >= 11 is 2.00. The van der Waals surface area contributed by atoms with E-state index >= 15 is 0 Å². The number of piperidine rings is 1. The van der Waals surface area contributed by atoms with E-state index in [1.807, 2.05) is 42.5 Å². The fourth-order valence-corrected chi connectivity index (χ4v) is 5.68. The van der Waals surface area contributed by atoms with E-state index in [-0.39, 0.29) is 23.6 Å². The first-order valence-electron chi connectivity index (χ1n) is 12.3. The fraction of sp³-hybridized carbons (Fsp3) is 0.385. The number of benzene rings is 2. The van der Waals surface area contributed by atoms with Gasteiger partial charge in [-0.25, -0.2) is 13.4 Å². The molecule has 3 N–H and O–H groups in total. The molecule has 1 aliphatic heterocycles. The van der Waals surface area contributed by atoms with Gasteiger partial charge in [0.05, 0.1) is 25.9 Å². The number of nitrogens with one attached hydrogen (secondary N) is 3. The predicted molar refractivity (Wildman–Crippen MR) is 153 cm³/mol. The van der Waals surface area contributed by atoms with Crippen LogP contribution in [0.15, 0.2) is 47.5 Å². The van der Waals surface area contributed by atoms with Crippen LogP contribution in [-0.2, 0) is 9.84 Å². The maximum Gasteiger partial charge on any atom is 0.341 e. The van der Waals surface area contributed by atoms with Gasteiger partial charge in [0.2, 0.25) is 15.8 Å². The normalized spacial score (nSPS) is 14.6. The molecule has 2 heterocycles. The highest BCUT2D eigenvalue weighted by molar-refractivity contribution is 14.1. The third-order valence-electron chi connectivity index (χ3n) is 6.18. The zero-order valence-corrected chi connectivity index (χ0v) is 24.2. The Morgan fingerprint density at radius 3 is 2.50 bits per heavy atom. The third-order valence-corrected chi connectivity index (χ3v) is 8.41. The summed E-state index contributed by atoms with van der Waals surface area (Å²) in [5.74, 6) is -1.89. The molecule has 1 fully saturated rings. The van der Waals surface area contributed by atoms with Gasteiger partial charge in [0, 0.05) is 6.20 Å². The first kappa shape index (κ1) is 28.4. The second-order valence-corrected chi connectivity index (χ2v) is 12.4. The van der Waals surface area contributed by atoms with Gasteiger partial charge in [0.1, 0.15) is 11.6 Å². The predicted octanol–water partition coefficient (Wildman–Crippen LogP) is 6.13. The molecule has 2 aromatic carbocycles. The summed E-state index contributed by atoms with van der Waals surface area (Å²) in [5.41, 5.74) is 3.09. The first-order chi connectivity index (χ1) is 18.1. The van der Waals surface area contributed by atoms with Crippen molar-refractivity contribution in [2.45, 2.75) is 56.3 Å². The van der Waals surface area contributed by atoms with Crippen molar-refractivity contribution in [1.82, 2.24) is 15.3 Å². The molecule has 1 saturated heterocycles. The van der Waals surface area contributed by atoms with Crippen LogP contribution in [0.4, 0.5) is 31.9 Å². The Morgan fingerprint density at radius 2 is 1.82 bits per heavy atom. The molecule has 0 radical (unpaired) electrons. The highest BCUT2D eigenvalue weighted by Crippen LogP contribution is 2.37. The summed E-state index contributed by atoms with van der Waals surface area (Å²) in [4.78, 5) is 8.37. The van der Waals surface area contributed by atoms with E-state index in [1.165, 1.54) is 17.7 Å². The topological polar surface area (TPSA) is 105 Å². The number of para-hydroxylation sites is 1. The summed E-state index contributed by atoms with van der Waals surface area (Å²) in [7, 11) is -4.81. The van der Waals surface area contributed by atoms with Crippen molar-refractivity contribution in [3.05, 3.63) is 57.3 Å². The van der Waals surface area contributed by atoms with Crippen LogP contribution in [0.1, 0.15) is 43.7 Å². The number of hydrogen-bond donors (Lipinski definition) is 3. The first-order valence-corrected chi connectivity index (χ1v) is 14.9. The highest BCUT2D eigenvalue weighted by Gasteiger charge is 2.29. The summed E-state index contributed by atoms with van der Waals surface area (Å²) < 4.78 is 57.6. The molecule has 8 nitrogen and oxygen atoms in total. The maximum atomic E-state index is 13.2. The van der Waals surface area contributed by atoms with E-state index < -0.39 is 20.5 Å². The van der Waals surface area contributed by atoms with Crippen molar-refractivity contribution >= 4 is 55.6 Å². The molecule has 0 saturated carbocycles. The Balaban J connectivity index is 1.66. The molecular formula is C26H30F2IN5O3S. The number of halogens is 3. The van der Waals surface area contributed by atoms with E-state index in [9.17, 15) is 17.2 Å². The molecule has 0 aliphatic carbocycles. The van der Waals surface area contributed by atoms with Crippen molar-refractivity contribution in [2.24, 2.45) is 0 Å². The molecule has 0 amide bonds. The smallest absolute Gasteiger partial charge is 0.341 e. The largest absolute Gasteiger partial charge is 0.489 e. The minimum absolute atomic E-state index is 0.00126. The minimum Gasteiger partial charge on any atom is -0.489 e. The van der Waals surface area contributed by atoms with Crippen molar-refractivity contribution < 1.29 is 21.9 Å². The van der Waals surface area contributed by atoms with Crippen LogP contribution in [0.2, 0.25) is 0 Å². The van der Waals surface area contributed by atoms with Gasteiger partial charge >= 0.3 is 5.76 Å². The molecular weight excluding hydrogens is 627 g/mol. The van der Waals surface area contributed by atoms with Gasteiger partial charge < -0.3 is 20.7 Å². The lowest BCUT2D eigenvalue weighted by atomic mass is 9.87. The van der Waals surface area contributed by atoms with Crippen molar-refractivity contribution in [3.8, 4) is 5.75 Å². The lowest BCUT2D eigenvalue weighted by molar-refractivity contribution is 0.235. The lowest BCUT2D eigenvalue weighted by Crippen LogP contribution is -2.27. The molecule has 1 aromatic heterocycles. The number of ether oxygens (including phenoxy) is 1. The quantitative estimate of drug-likeness (QED) is 0.236. The van der Waals surface area contributed by atoms with Crippen LogP contribution in [0, 0.1) is 10.5 Å². The lowest BCUT2D eigenvalue weighted by Gasteiger charge is -2.26. The molecule has 38 heavy (non-hydrogen) atoms. The zero-order valence-electron chi connectivity index (χ0n) is 21.3. The number of anilines is 4. The molecule has 1 aliphatic rings. The molecule has 12 heteroatoms. The standard InChI is InChI=1S/C26H30F2IN5O3S/c1-15(2)37-22-13-18(17-8-10-30-11-9-17)16(3)12-21(22)33-26-31-14-19(29)24(34-26)32-20-6-4-5-7-23(20)38(35,36)25(27)28/h4-7,12-15,17,25,30H,8-11H2,1-3H3,(H2,31,32,33,34). The van der Waals surface area contributed by atoms with Crippen molar-refractivity contribution in [3.63, 3.8) is 0 Å². The van der Waals surface area contributed by atoms with E-state index in [0.717, 1.165) is 37.6 Å². The van der Waals surface area contributed by atoms with Crippen LogP contribution >= 0.6 is 22.6 Å². The van der Waals surface area contributed by atoms with Crippen molar-refractivity contribution in [2.75, 3.05) is 23.7 Å². The van der Waals surface area contributed by atoms with E-state index in [1.54, 1.807) is 12.3 Å². The molecule has 3 aromatic rings. The van der Waals surface area contributed by atoms with Crippen LogP contribution in [0.25, 0.3) is 0 Å². The third kappa shape index (κ3) is 6.52. The van der Waals surface area contributed by atoms with Crippen LogP contribution < -0.4 is 20.7 Å². The van der Waals surface area contributed by atoms with Gasteiger partial charge in [-0.1, -0.05) is 12.1 Å². The molecule has 0 atom stereocenters. The molecule has 0 spiro atoms. The van der Waals surface area contributed by atoms with E-state index in [4.69, 9.17) is 4.74 Å². The Bertz CT molecular complexity index is 1400. The van der Waals surface area contributed by atoms with Crippen LogP contribution in [0.5, 0.6) is 5.75 Å². The molecule has 204 valence electrons. The summed E-state index contributed by atoms with van der Waals surface area (Å²) in [6.45, 7) is 7.96. The number of sulfone groups is 1. The number of alkyl halides is 2. The Kier molecular flexibility index (Phi) is 9.04. The van der Waals surface area contributed by atoms with Gasteiger partial charge in [0.15, 0.2) is 0 Å². The SMILES string of the molecule is Cc1cc(Nc2ncc(I)c(Nc3ccccc3S(=O)(=O)C(F)F)n2)c(OC(C)C)cc1C1CCNCC1. The van der Waals surface area contributed by atoms with Crippen LogP contribution in [-0.4, -0.2) is 43.3 Å². The molecule has 0 bridgehead atoms.